The van der Waals surface area contributed by atoms with Crippen LogP contribution < -0.4 is 23.7 Å². The topological polar surface area (TPSA) is 225 Å². The monoisotopic (exact) mass is 1170 g/mol. The van der Waals surface area contributed by atoms with Crippen LogP contribution in [0.1, 0.15) is 164 Å². The van der Waals surface area contributed by atoms with Crippen molar-refractivity contribution in [3.05, 3.63) is 131 Å². The van der Waals surface area contributed by atoms with Gasteiger partial charge in [0, 0.05) is 45.1 Å². The number of allylic oxidation sites excluding steroid dienone is 1. The lowest BCUT2D eigenvalue weighted by Crippen LogP contribution is -2.37. The number of carbonyl (C=O) groups excluding carboxylic acids is 4. The Balaban J connectivity index is 0.00000122. The van der Waals surface area contributed by atoms with E-state index in [0.29, 0.717) is 44.5 Å². The average Bonchev–Trinajstić information content (AvgIpc) is 3.42. The number of phenols is 1. The fourth-order valence-corrected chi connectivity index (χ4v) is 6.77. The average molecular weight is 1180 g/mol. The first kappa shape index (κ1) is 72.3. The summed E-state index contributed by atoms with van der Waals surface area (Å²) >= 11 is 3.47. The summed E-state index contributed by atoms with van der Waals surface area (Å²) in [5.41, 5.74) is -0.563. The van der Waals surface area contributed by atoms with E-state index in [0.717, 1.165) is 5.76 Å². The molecule has 0 atom stereocenters. The van der Waals surface area contributed by atoms with Crippen molar-refractivity contribution < 1.29 is 72.1 Å². The van der Waals surface area contributed by atoms with Gasteiger partial charge in [0.15, 0.2) is 28.6 Å². The Morgan fingerprint density at radius 2 is 0.938 bits per heavy atom. The van der Waals surface area contributed by atoms with Gasteiger partial charge in [0.1, 0.15) is 34.2 Å². The number of phenolic OH excluding ortho intramolecular Hbond substituents is 1. The second-order valence-corrected chi connectivity index (χ2v) is 19.7. The second kappa shape index (κ2) is 33.6. The summed E-state index contributed by atoms with van der Waals surface area (Å²) in [6.07, 6.45) is 2.59. The second-order valence-electron chi connectivity index (χ2n) is 17.8. The molecule has 2 aromatic heterocycles. The van der Waals surface area contributed by atoms with Crippen molar-refractivity contribution in [2.24, 2.45) is 0 Å². The first-order valence-corrected chi connectivity index (χ1v) is 26.5. The van der Waals surface area contributed by atoms with Crippen LogP contribution in [-0.4, -0.2) is 107 Å². The van der Waals surface area contributed by atoms with Gasteiger partial charge in [-0.25, -0.2) is 14.4 Å². The van der Waals surface area contributed by atoms with Crippen LogP contribution in [0.5, 0.6) is 34.5 Å². The molecule has 0 aliphatic heterocycles. The maximum Gasteiger partial charge on any atom is 0.347 e. The van der Waals surface area contributed by atoms with E-state index < -0.39 is 35.1 Å². The van der Waals surface area contributed by atoms with E-state index >= 15 is 0 Å². The lowest BCUT2D eigenvalue weighted by atomic mass is 9.99. The van der Waals surface area contributed by atoms with Crippen LogP contribution in [0.25, 0.3) is 21.5 Å². The fourth-order valence-electron chi connectivity index (χ4n) is 6.69. The summed E-state index contributed by atoms with van der Waals surface area (Å²) in [4.78, 5) is 71.2. The van der Waals surface area contributed by atoms with Crippen LogP contribution in [0.3, 0.4) is 0 Å². The molecule has 0 fully saturated rings. The van der Waals surface area contributed by atoms with E-state index in [1.54, 1.807) is 68.4 Å². The van der Waals surface area contributed by atoms with Gasteiger partial charge in [-0.05, 0) is 111 Å². The number of hydrogen-bond acceptors (Lipinski definition) is 16. The number of rotatable bonds is 17. The Hall–Kier alpha value is -7.73. The van der Waals surface area contributed by atoms with E-state index in [2.05, 4.69) is 32.5 Å². The van der Waals surface area contributed by atoms with Gasteiger partial charge in [-0.3, -0.25) is 19.6 Å². The standard InChI is InChI=1S/C25H25NO8.C21H19NO6.C9H17BrO.3C2H6.CH4/c1-6-33-23(28)18-13-26-21(17-12-20(32-5)19(31-4)11-16(17)18)22(27)14-8-7-9-15(10-14)34-25(2,3)24(29)30;1-4-28-21(25)16-11-22-19(20(24)12-6-5-7-13(23)8-12)15-10-18(27-3)17(26-2)9-14(15)16;1-7(9(5,6)10)11-8(2,3)4;3*1-2;/h7-13H,6H2,1-5H3,(H,29,30);5-11,23H,4H2,1-3H3;1H2,2-6H3;3*1-2H3;1H4. The van der Waals surface area contributed by atoms with E-state index in [9.17, 15) is 34.2 Å². The Kier molecular flexibility index (Phi) is 30.4. The predicted molar refractivity (Wildman–Crippen MR) is 319 cm³/mol. The quantitative estimate of drug-likeness (QED) is 0.0375. The molecular formula is C62H83BrN2O15. The van der Waals surface area contributed by atoms with Crippen LogP contribution >= 0.6 is 15.9 Å². The third-order valence-electron chi connectivity index (χ3n) is 10.4. The van der Waals surface area contributed by atoms with Crippen molar-refractivity contribution >= 4 is 66.9 Å². The number of ether oxygens (including phenoxy) is 8. The van der Waals surface area contributed by atoms with E-state index in [1.165, 1.54) is 72.9 Å². The summed E-state index contributed by atoms with van der Waals surface area (Å²) in [6, 6.07) is 18.5. The number of hydrogen-bond donors (Lipinski definition) is 2. The van der Waals surface area contributed by atoms with Gasteiger partial charge >= 0.3 is 17.9 Å². The first-order valence-electron chi connectivity index (χ1n) is 25.7. The molecule has 0 saturated heterocycles. The number of carbonyl (C=O) groups is 5. The fraction of sp³-hybridized carbons (Fsp3) is 0.403. The highest BCUT2D eigenvalue weighted by Crippen LogP contribution is 2.38. The maximum absolute atomic E-state index is 13.5. The third-order valence-corrected chi connectivity index (χ3v) is 10.8. The summed E-state index contributed by atoms with van der Waals surface area (Å²) < 4.78 is 42.6. The van der Waals surface area contributed by atoms with Gasteiger partial charge in [0.25, 0.3) is 0 Å². The van der Waals surface area contributed by atoms with Gasteiger partial charge in [-0.2, -0.15) is 0 Å². The summed E-state index contributed by atoms with van der Waals surface area (Å²) in [5.74, 6) is -0.662. The molecular weight excluding hydrogens is 1090 g/mol. The van der Waals surface area contributed by atoms with E-state index in [1.807, 2.05) is 76.2 Å². The molecule has 17 nitrogen and oxygen atoms in total. The predicted octanol–water partition coefficient (Wildman–Crippen LogP) is 14.5. The number of carboxylic acid groups (broad SMARTS) is 1. The molecule has 0 unspecified atom stereocenters. The number of aliphatic carboxylic acids is 1. The minimum absolute atomic E-state index is 0. The largest absolute Gasteiger partial charge is 0.508 e. The van der Waals surface area contributed by atoms with Crippen LogP contribution in [0.2, 0.25) is 0 Å². The van der Waals surface area contributed by atoms with Crippen LogP contribution in [0.15, 0.2) is 97.5 Å². The highest BCUT2D eigenvalue weighted by atomic mass is 79.9. The van der Waals surface area contributed by atoms with Crippen molar-refractivity contribution in [1.82, 2.24) is 9.97 Å². The SMILES string of the molecule is C.C=C(OC(C)(C)C)C(C)(C)Br.CC.CC.CC.CCOC(=O)c1cnc(C(=O)c2cccc(O)c2)c2cc(OC)c(OC)cc12.CCOC(=O)c1cnc(C(=O)c2cccc(OC(C)(C)C(=O)O)c2)c2cc(OC)c(OC)cc12. The zero-order chi connectivity index (χ0) is 60.6. The van der Waals surface area contributed by atoms with Crippen molar-refractivity contribution in [3.8, 4) is 34.5 Å². The number of nitrogens with zero attached hydrogens (tertiary/aromatic N) is 2. The van der Waals surface area contributed by atoms with Gasteiger partial charge in [0.2, 0.25) is 11.6 Å². The molecule has 2 heterocycles. The Morgan fingerprint density at radius 1 is 0.575 bits per heavy atom. The van der Waals surface area contributed by atoms with Gasteiger partial charge in [-0.1, -0.05) is 95.7 Å². The molecule has 0 aliphatic carbocycles. The molecule has 6 rings (SSSR count). The molecule has 2 N–H and O–H groups in total. The van der Waals surface area contributed by atoms with Crippen LogP contribution in [-0.2, 0) is 19.0 Å². The number of aromatic hydroxyl groups is 1. The Labute approximate surface area is 481 Å². The number of methoxy groups -OCH3 is 4. The van der Waals surface area contributed by atoms with Crippen molar-refractivity contribution in [3.63, 3.8) is 0 Å². The molecule has 0 amide bonds. The van der Waals surface area contributed by atoms with Crippen molar-refractivity contribution in [1.29, 1.82) is 0 Å². The molecule has 438 valence electrons. The number of halogens is 1. The molecule has 0 aliphatic rings. The number of esters is 2. The number of fused-ring (bicyclic) bond motifs is 2. The van der Waals surface area contributed by atoms with Crippen molar-refractivity contribution in [2.75, 3.05) is 41.7 Å². The number of carboxylic acids is 1. The number of aromatic nitrogens is 2. The number of ketones is 2. The molecule has 0 bridgehead atoms. The lowest BCUT2D eigenvalue weighted by Gasteiger charge is -2.28. The zero-order valence-corrected chi connectivity index (χ0v) is 50.8. The number of pyridine rings is 2. The lowest BCUT2D eigenvalue weighted by molar-refractivity contribution is -0.152. The molecule has 80 heavy (non-hydrogen) atoms. The van der Waals surface area contributed by atoms with Gasteiger partial charge < -0.3 is 48.1 Å². The smallest absolute Gasteiger partial charge is 0.347 e. The molecule has 0 spiro atoms. The van der Waals surface area contributed by atoms with Crippen molar-refractivity contribution in [2.45, 2.75) is 127 Å². The minimum Gasteiger partial charge on any atom is -0.508 e. The minimum atomic E-state index is -1.49. The summed E-state index contributed by atoms with van der Waals surface area (Å²) in [5, 5.41) is 20.6. The first-order chi connectivity index (χ1) is 37.2. The summed E-state index contributed by atoms with van der Waals surface area (Å²) in [6.45, 7) is 32.5. The third kappa shape index (κ3) is 19.9. The van der Waals surface area contributed by atoms with E-state index in [-0.39, 0.29) is 75.7 Å². The Morgan fingerprint density at radius 3 is 1.25 bits per heavy atom. The van der Waals surface area contributed by atoms with Crippen LogP contribution in [0.4, 0.5) is 0 Å². The number of alkyl halides is 1. The van der Waals surface area contributed by atoms with Gasteiger partial charge in [0.05, 0.1) is 57.1 Å². The number of benzene rings is 4. The molecule has 0 radical (unpaired) electrons. The summed E-state index contributed by atoms with van der Waals surface area (Å²) in [7, 11) is 5.88. The highest BCUT2D eigenvalue weighted by molar-refractivity contribution is 9.10. The molecule has 18 heteroatoms. The highest BCUT2D eigenvalue weighted by Gasteiger charge is 2.30. The van der Waals surface area contributed by atoms with E-state index in [4.69, 9.17) is 37.9 Å². The normalized spacial score (nSPS) is 10.4. The van der Waals surface area contributed by atoms with Crippen LogP contribution in [0, 0.1) is 0 Å². The molecule has 0 saturated carbocycles. The zero-order valence-electron chi connectivity index (χ0n) is 49.2. The molecule has 4 aromatic carbocycles. The maximum atomic E-state index is 13.5. The Bertz CT molecular complexity index is 3030. The molecule has 6 aromatic rings. The van der Waals surface area contributed by atoms with Gasteiger partial charge in [-0.15, -0.1) is 0 Å².